The lowest BCUT2D eigenvalue weighted by atomic mass is 10.3. The van der Waals surface area contributed by atoms with Crippen LogP contribution in [0.5, 0.6) is 0 Å². The summed E-state index contributed by atoms with van der Waals surface area (Å²) in [5.41, 5.74) is 0.756. The fourth-order valence-electron chi connectivity index (χ4n) is 1.38. The summed E-state index contributed by atoms with van der Waals surface area (Å²) in [6.45, 7) is 1.27. The molecule has 0 unspecified atom stereocenters. The molecule has 1 rings (SSSR count). The third-order valence-electron chi connectivity index (χ3n) is 2.29. The molecule has 0 aliphatic heterocycles. The zero-order valence-electron chi connectivity index (χ0n) is 10.4. The Morgan fingerprint density at radius 1 is 1.47 bits per heavy atom. The van der Waals surface area contributed by atoms with Crippen LogP contribution in [-0.4, -0.2) is 30.4 Å². The molecule has 8 nitrogen and oxygen atoms in total. The van der Waals surface area contributed by atoms with Crippen LogP contribution in [0.4, 0.5) is 0 Å². The first kappa shape index (κ1) is 14.6. The Kier molecular flexibility index (Phi) is 6.56. The number of carbonyl (C=O) groups is 1. The van der Waals surface area contributed by atoms with Gasteiger partial charge in [-0.3, -0.25) is 4.79 Å². The van der Waals surface area contributed by atoms with E-state index in [1.807, 2.05) is 0 Å². The first-order chi connectivity index (χ1) is 9.26. The van der Waals surface area contributed by atoms with E-state index in [0.717, 1.165) is 5.56 Å². The number of nitrogens with zero attached hydrogens (tertiary/aromatic N) is 4. The number of oxime groups is 1. The summed E-state index contributed by atoms with van der Waals surface area (Å²) < 4.78 is 1.73. The topological polar surface area (TPSA) is 116 Å². The first-order valence-corrected chi connectivity index (χ1v) is 5.76. The number of nitrogens with one attached hydrogen (secondary N) is 1. The van der Waals surface area contributed by atoms with E-state index in [1.54, 1.807) is 29.1 Å². The Morgan fingerprint density at radius 2 is 2.21 bits per heavy atom. The second-order valence-electron chi connectivity index (χ2n) is 3.73. The predicted molar refractivity (Wildman–Crippen MR) is 67.6 cm³/mol. The molecule has 1 aromatic rings. The summed E-state index contributed by atoms with van der Waals surface area (Å²) in [5.74, 6) is 4.76. The van der Waals surface area contributed by atoms with E-state index in [0.29, 0.717) is 19.5 Å². The molecule has 19 heavy (non-hydrogen) atoms. The zero-order chi connectivity index (χ0) is 13.9. The van der Waals surface area contributed by atoms with Gasteiger partial charge < -0.3 is 16.4 Å². The van der Waals surface area contributed by atoms with E-state index in [4.69, 9.17) is 11.0 Å². The maximum Gasteiger partial charge on any atom is 0.285 e. The molecule has 102 valence electrons. The second-order valence-corrected chi connectivity index (χ2v) is 3.73. The number of pyridine rings is 1. The Bertz CT molecular complexity index is 443. The highest BCUT2D eigenvalue weighted by Gasteiger charge is 2.07. The van der Waals surface area contributed by atoms with Gasteiger partial charge in [-0.05, 0) is 6.42 Å². The molecule has 1 heterocycles. The maximum atomic E-state index is 11.6. The molecule has 0 radical (unpaired) electrons. The second kappa shape index (κ2) is 8.56. The van der Waals surface area contributed by atoms with Gasteiger partial charge in [0.25, 0.3) is 5.91 Å². The number of carbonyl (C=O) groups excluding carboxylic acids is 1. The normalized spacial score (nSPS) is 11.2. The molecular formula is C11H17N6O2+. The molecule has 0 bridgehead atoms. The quantitative estimate of drug-likeness (QED) is 0.119. The lowest BCUT2D eigenvalue weighted by Crippen LogP contribution is -2.42. The Balaban J connectivity index is 2.31. The van der Waals surface area contributed by atoms with Crippen LogP contribution in [0.25, 0.3) is 0 Å². The van der Waals surface area contributed by atoms with Crippen molar-refractivity contribution in [1.82, 2.24) is 5.32 Å². The lowest BCUT2D eigenvalue weighted by molar-refractivity contribution is -0.684. The van der Waals surface area contributed by atoms with Crippen molar-refractivity contribution >= 4 is 12.1 Å². The maximum absolute atomic E-state index is 11.6. The average Bonchev–Trinajstić information content (AvgIpc) is 2.41. The van der Waals surface area contributed by atoms with Crippen molar-refractivity contribution in [1.29, 1.82) is 0 Å². The Morgan fingerprint density at radius 3 is 2.84 bits per heavy atom. The van der Waals surface area contributed by atoms with Gasteiger partial charge in [0.1, 0.15) is 0 Å². The molecule has 4 N–H and O–H groups in total. The van der Waals surface area contributed by atoms with Crippen LogP contribution in [-0.2, 0) is 11.3 Å². The molecular weight excluding hydrogens is 248 g/mol. The van der Waals surface area contributed by atoms with Crippen molar-refractivity contribution in [3.8, 4) is 0 Å². The summed E-state index contributed by atoms with van der Waals surface area (Å²) in [6.07, 6.45) is 5.48. The largest absolute Gasteiger partial charge is 0.411 e. The van der Waals surface area contributed by atoms with Gasteiger partial charge in [-0.15, -0.1) is 0 Å². The third kappa shape index (κ3) is 6.10. The molecule has 8 heteroatoms. The SMILES string of the molecule is NN=NCCCNC(=O)C[n+]1ccc(/C=N/O)cc1. The van der Waals surface area contributed by atoms with E-state index < -0.39 is 0 Å². The summed E-state index contributed by atoms with van der Waals surface area (Å²) >= 11 is 0. The average molecular weight is 265 g/mol. The van der Waals surface area contributed by atoms with E-state index in [9.17, 15) is 4.79 Å². The molecule has 1 amide bonds. The lowest BCUT2D eigenvalue weighted by Gasteiger charge is -2.01. The molecule has 0 fully saturated rings. The monoisotopic (exact) mass is 265 g/mol. The fourth-order valence-corrected chi connectivity index (χ4v) is 1.38. The van der Waals surface area contributed by atoms with Crippen molar-refractivity contribution in [3.63, 3.8) is 0 Å². The van der Waals surface area contributed by atoms with E-state index >= 15 is 0 Å². The summed E-state index contributed by atoms with van der Waals surface area (Å²) in [7, 11) is 0. The van der Waals surface area contributed by atoms with Gasteiger partial charge in [0.15, 0.2) is 12.4 Å². The molecule has 0 atom stereocenters. The molecule has 0 saturated heterocycles. The van der Waals surface area contributed by atoms with Gasteiger partial charge in [-0.1, -0.05) is 10.4 Å². The predicted octanol–water partition coefficient (Wildman–Crippen LogP) is -0.386. The number of amides is 1. The molecule has 0 aromatic carbocycles. The van der Waals surface area contributed by atoms with Gasteiger partial charge in [0.2, 0.25) is 6.54 Å². The van der Waals surface area contributed by atoms with Crippen LogP contribution in [0.1, 0.15) is 12.0 Å². The zero-order valence-corrected chi connectivity index (χ0v) is 10.4. The van der Waals surface area contributed by atoms with Crippen molar-refractivity contribution < 1.29 is 14.6 Å². The minimum absolute atomic E-state index is 0.0849. The number of rotatable bonds is 7. The highest BCUT2D eigenvalue weighted by atomic mass is 16.4. The number of hydrogen-bond donors (Lipinski definition) is 3. The van der Waals surface area contributed by atoms with E-state index in [2.05, 4.69) is 20.8 Å². The Hall–Kier alpha value is -2.51. The molecule has 1 aromatic heterocycles. The van der Waals surface area contributed by atoms with Crippen LogP contribution in [0.2, 0.25) is 0 Å². The van der Waals surface area contributed by atoms with Crippen molar-refractivity contribution in [2.45, 2.75) is 13.0 Å². The fraction of sp³-hybridized carbons (Fsp3) is 0.364. The molecule has 0 saturated carbocycles. The first-order valence-electron chi connectivity index (χ1n) is 5.76. The van der Waals surface area contributed by atoms with Crippen LogP contribution in [0.3, 0.4) is 0 Å². The van der Waals surface area contributed by atoms with E-state index in [-0.39, 0.29) is 12.5 Å². The smallest absolute Gasteiger partial charge is 0.285 e. The van der Waals surface area contributed by atoms with Crippen molar-refractivity contribution in [2.75, 3.05) is 13.1 Å². The number of nitrogens with two attached hydrogens (primary N) is 1. The van der Waals surface area contributed by atoms with Crippen LogP contribution in [0, 0.1) is 0 Å². The number of aromatic nitrogens is 1. The van der Waals surface area contributed by atoms with Gasteiger partial charge in [0, 0.05) is 24.2 Å². The highest BCUT2D eigenvalue weighted by molar-refractivity contribution is 5.78. The highest BCUT2D eigenvalue weighted by Crippen LogP contribution is 1.89. The summed E-state index contributed by atoms with van der Waals surface area (Å²) in [5, 5.41) is 20.8. The summed E-state index contributed by atoms with van der Waals surface area (Å²) in [6, 6.07) is 3.49. The standard InChI is InChI=1S/C11H16N6O2/c12-16-14-5-1-4-13-11(18)9-17-6-2-10(3-7-17)8-15-19/h2-3,6-8H,1,4-5,9H2,(H3,12,13,14,18)/p+1. The molecule has 0 spiro atoms. The van der Waals surface area contributed by atoms with Crippen molar-refractivity contribution in [2.24, 2.45) is 21.3 Å². The number of hydrogen-bond acceptors (Lipinski definition) is 5. The minimum Gasteiger partial charge on any atom is -0.411 e. The van der Waals surface area contributed by atoms with Crippen LogP contribution in [0.15, 0.2) is 40.0 Å². The molecule has 0 aliphatic carbocycles. The summed E-state index contributed by atoms with van der Waals surface area (Å²) in [4.78, 5) is 11.6. The van der Waals surface area contributed by atoms with Gasteiger partial charge in [-0.25, -0.2) is 0 Å². The Labute approximate surface area is 110 Å². The van der Waals surface area contributed by atoms with Crippen molar-refractivity contribution in [3.05, 3.63) is 30.1 Å². The van der Waals surface area contributed by atoms with Gasteiger partial charge in [-0.2, -0.15) is 9.68 Å². The van der Waals surface area contributed by atoms with Crippen LogP contribution >= 0.6 is 0 Å². The van der Waals surface area contributed by atoms with Gasteiger partial charge in [0.05, 0.1) is 12.8 Å². The molecule has 0 aliphatic rings. The third-order valence-corrected chi connectivity index (χ3v) is 2.29. The minimum atomic E-state index is -0.0849. The van der Waals surface area contributed by atoms with E-state index in [1.165, 1.54) is 6.21 Å². The van der Waals surface area contributed by atoms with Gasteiger partial charge >= 0.3 is 0 Å². The van der Waals surface area contributed by atoms with Crippen LogP contribution < -0.4 is 15.7 Å².